The first-order valence-corrected chi connectivity index (χ1v) is 6.40. The zero-order chi connectivity index (χ0) is 15.0. The molecule has 6 nitrogen and oxygen atoms in total. The highest BCUT2D eigenvalue weighted by Crippen LogP contribution is 2.26. The van der Waals surface area contributed by atoms with Gasteiger partial charge in [0.1, 0.15) is 23.4 Å². The molecule has 0 fully saturated rings. The van der Waals surface area contributed by atoms with Crippen molar-refractivity contribution < 1.29 is 13.9 Å². The molecule has 21 heavy (non-hydrogen) atoms. The Bertz CT molecular complexity index is 874. The molecule has 2 aromatic heterocycles. The van der Waals surface area contributed by atoms with Crippen LogP contribution in [0.4, 0.5) is 4.39 Å². The van der Waals surface area contributed by atoms with Crippen molar-refractivity contribution in [3.05, 3.63) is 35.1 Å². The number of H-pyrrole nitrogens is 1. The van der Waals surface area contributed by atoms with Gasteiger partial charge in [0.25, 0.3) is 0 Å². The van der Waals surface area contributed by atoms with E-state index in [4.69, 9.17) is 21.7 Å². The van der Waals surface area contributed by atoms with Crippen LogP contribution < -0.4 is 9.47 Å². The van der Waals surface area contributed by atoms with E-state index in [-0.39, 0.29) is 10.5 Å². The minimum atomic E-state index is -0.439. The first-order chi connectivity index (χ1) is 10.2. The van der Waals surface area contributed by atoms with Crippen LogP contribution in [0.25, 0.3) is 16.9 Å². The summed E-state index contributed by atoms with van der Waals surface area (Å²) in [5.41, 5.74) is 1.18. The third kappa shape index (κ3) is 2.13. The molecule has 0 spiro atoms. The number of halogens is 1. The molecule has 0 aliphatic carbocycles. The van der Waals surface area contributed by atoms with Crippen LogP contribution in [0.1, 0.15) is 0 Å². The highest BCUT2D eigenvalue weighted by molar-refractivity contribution is 7.71. The molecule has 3 aromatic rings. The van der Waals surface area contributed by atoms with Crippen molar-refractivity contribution in [2.24, 2.45) is 0 Å². The molecule has 0 bridgehead atoms. The Morgan fingerprint density at radius 1 is 1.24 bits per heavy atom. The summed E-state index contributed by atoms with van der Waals surface area (Å²) in [4.78, 5) is 11.1. The average molecular weight is 306 g/mol. The number of hydrogen-bond acceptors (Lipinski definition) is 5. The van der Waals surface area contributed by atoms with E-state index in [1.807, 2.05) is 0 Å². The van der Waals surface area contributed by atoms with Crippen LogP contribution >= 0.6 is 12.2 Å². The minimum Gasteiger partial charge on any atom is -0.497 e. The minimum absolute atomic E-state index is 0.242. The number of hydrogen-bond donors (Lipinski definition) is 1. The van der Waals surface area contributed by atoms with Crippen molar-refractivity contribution in [3.8, 4) is 17.3 Å². The Kier molecular flexibility index (Phi) is 3.30. The SMILES string of the molecule is COc1ccc(F)c(-n2c(=S)[nH]c3c(OC)ncnc32)c1. The zero-order valence-electron chi connectivity index (χ0n) is 11.3. The molecule has 0 atom stereocenters. The Balaban J connectivity index is 2.35. The standard InChI is InChI=1S/C13H11FN4O2S/c1-19-7-3-4-8(14)9(5-7)18-11-10(17-13(18)21)12(20-2)16-6-15-11/h3-6H,1-2H3,(H,17,21). The number of fused-ring (bicyclic) bond motifs is 1. The van der Waals surface area contributed by atoms with Crippen molar-refractivity contribution in [2.75, 3.05) is 14.2 Å². The van der Waals surface area contributed by atoms with Gasteiger partial charge in [0.05, 0.1) is 19.9 Å². The van der Waals surface area contributed by atoms with Crippen molar-refractivity contribution in [3.63, 3.8) is 0 Å². The Morgan fingerprint density at radius 3 is 2.76 bits per heavy atom. The number of methoxy groups -OCH3 is 2. The second-order valence-corrected chi connectivity index (χ2v) is 4.55. The molecule has 1 N–H and O–H groups in total. The fourth-order valence-electron chi connectivity index (χ4n) is 2.07. The topological polar surface area (TPSA) is 65.0 Å². The van der Waals surface area contributed by atoms with Gasteiger partial charge in [-0.2, -0.15) is 4.98 Å². The summed E-state index contributed by atoms with van der Waals surface area (Å²) in [6.45, 7) is 0. The second kappa shape index (κ2) is 5.13. The number of benzene rings is 1. The molecular formula is C13H11FN4O2S. The third-order valence-electron chi connectivity index (χ3n) is 3.03. The first-order valence-electron chi connectivity index (χ1n) is 5.99. The molecule has 2 heterocycles. The second-order valence-electron chi connectivity index (χ2n) is 4.16. The fraction of sp³-hybridized carbons (Fsp3) is 0.154. The number of rotatable bonds is 3. The summed E-state index contributed by atoms with van der Waals surface area (Å²) in [6.07, 6.45) is 1.33. The van der Waals surface area contributed by atoms with Crippen molar-refractivity contribution in [2.45, 2.75) is 0 Å². The lowest BCUT2D eigenvalue weighted by atomic mass is 10.3. The molecule has 0 unspecified atom stereocenters. The van der Waals surface area contributed by atoms with E-state index in [9.17, 15) is 4.39 Å². The Morgan fingerprint density at radius 2 is 2.05 bits per heavy atom. The third-order valence-corrected chi connectivity index (χ3v) is 3.31. The van der Waals surface area contributed by atoms with Gasteiger partial charge in [-0.3, -0.25) is 4.57 Å². The number of aromatic amines is 1. The Labute approximate surface area is 124 Å². The highest BCUT2D eigenvalue weighted by Gasteiger charge is 2.16. The van der Waals surface area contributed by atoms with E-state index in [0.717, 1.165) is 0 Å². The molecule has 0 aliphatic heterocycles. The maximum Gasteiger partial charge on any atom is 0.242 e. The van der Waals surface area contributed by atoms with Crippen LogP contribution in [0.5, 0.6) is 11.6 Å². The summed E-state index contributed by atoms with van der Waals surface area (Å²) in [5.74, 6) is 0.419. The number of ether oxygens (including phenoxy) is 2. The number of nitrogens with zero attached hydrogens (tertiary/aromatic N) is 3. The molecule has 0 amide bonds. The van der Waals surface area contributed by atoms with Gasteiger partial charge in [0, 0.05) is 6.07 Å². The van der Waals surface area contributed by atoms with Crippen LogP contribution in [0.2, 0.25) is 0 Å². The van der Waals surface area contributed by atoms with Crippen molar-refractivity contribution >= 4 is 23.4 Å². The lowest BCUT2D eigenvalue weighted by Gasteiger charge is -2.08. The van der Waals surface area contributed by atoms with Crippen molar-refractivity contribution in [1.29, 1.82) is 0 Å². The molecule has 0 radical (unpaired) electrons. The van der Waals surface area contributed by atoms with Crippen LogP contribution in [0, 0.1) is 10.6 Å². The van der Waals surface area contributed by atoms with Crippen LogP contribution in [0.3, 0.4) is 0 Å². The van der Waals surface area contributed by atoms with Gasteiger partial charge < -0.3 is 14.5 Å². The molecule has 0 saturated heterocycles. The van der Waals surface area contributed by atoms with E-state index >= 15 is 0 Å². The predicted molar refractivity (Wildman–Crippen MR) is 77.1 cm³/mol. The van der Waals surface area contributed by atoms with Crippen LogP contribution in [-0.4, -0.2) is 33.7 Å². The molecule has 8 heteroatoms. The summed E-state index contributed by atoms with van der Waals surface area (Å²) < 4.78 is 26.2. The molecule has 0 aliphatic rings. The molecule has 3 rings (SSSR count). The summed E-state index contributed by atoms with van der Waals surface area (Å²) in [5, 5.41) is 0. The number of aromatic nitrogens is 4. The largest absolute Gasteiger partial charge is 0.497 e. The first kappa shape index (κ1) is 13.5. The molecular weight excluding hydrogens is 295 g/mol. The van der Waals surface area contributed by atoms with Gasteiger partial charge in [-0.25, -0.2) is 9.37 Å². The summed E-state index contributed by atoms with van der Waals surface area (Å²) >= 11 is 5.26. The Hall–Kier alpha value is -2.48. The normalized spacial score (nSPS) is 10.8. The molecule has 108 valence electrons. The lowest BCUT2D eigenvalue weighted by molar-refractivity contribution is 0.401. The lowest BCUT2D eigenvalue weighted by Crippen LogP contribution is -2.00. The summed E-state index contributed by atoms with van der Waals surface area (Å²) in [6, 6.07) is 4.40. The summed E-state index contributed by atoms with van der Waals surface area (Å²) in [7, 11) is 3.00. The maximum atomic E-state index is 14.1. The highest BCUT2D eigenvalue weighted by atomic mass is 32.1. The van der Waals surface area contributed by atoms with E-state index in [1.165, 1.54) is 37.2 Å². The molecule has 1 aromatic carbocycles. The van der Waals surface area contributed by atoms with Gasteiger partial charge in [-0.1, -0.05) is 0 Å². The smallest absolute Gasteiger partial charge is 0.242 e. The maximum absolute atomic E-state index is 14.1. The van der Waals surface area contributed by atoms with Gasteiger partial charge in [0.15, 0.2) is 10.4 Å². The van der Waals surface area contributed by atoms with E-state index in [2.05, 4.69) is 15.0 Å². The zero-order valence-corrected chi connectivity index (χ0v) is 12.1. The average Bonchev–Trinajstić information content (AvgIpc) is 2.83. The van der Waals surface area contributed by atoms with Crippen molar-refractivity contribution in [1.82, 2.24) is 19.5 Å². The van der Waals surface area contributed by atoms with E-state index in [1.54, 1.807) is 6.07 Å². The number of nitrogens with one attached hydrogen (secondary N) is 1. The van der Waals surface area contributed by atoms with Gasteiger partial charge in [-0.15, -0.1) is 0 Å². The van der Waals surface area contributed by atoms with E-state index in [0.29, 0.717) is 22.8 Å². The van der Waals surface area contributed by atoms with Gasteiger partial charge in [-0.05, 0) is 24.4 Å². The van der Waals surface area contributed by atoms with Crippen LogP contribution in [0.15, 0.2) is 24.5 Å². The quantitative estimate of drug-likeness (QED) is 0.754. The van der Waals surface area contributed by atoms with Gasteiger partial charge in [0.2, 0.25) is 5.88 Å². The number of imidazole rings is 1. The van der Waals surface area contributed by atoms with E-state index < -0.39 is 5.82 Å². The van der Waals surface area contributed by atoms with Gasteiger partial charge >= 0.3 is 0 Å². The van der Waals surface area contributed by atoms with Crippen LogP contribution in [-0.2, 0) is 0 Å². The fourth-order valence-corrected chi connectivity index (χ4v) is 2.35. The molecule has 0 saturated carbocycles. The predicted octanol–water partition coefficient (Wildman–Crippen LogP) is 2.63. The monoisotopic (exact) mass is 306 g/mol.